The van der Waals surface area contributed by atoms with Crippen molar-refractivity contribution in [2.45, 2.75) is 33.3 Å². The zero-order valence-corrected chi connectivity index (χ0v) is 9.99. The summed E-state index contributed by atoms with van der Waals surface area (Å²) in [5, 5.41) is 9.84. The normalized spacial score (nSPS) is 15.9. The molecule has 2 unspecified atom stereocenters. The second kappa shape index (κ2) is 8.21. The quantitative estimate of drug-likeness (QED) is 0.646. The van der Waals surface area contributed by atoms with E-state index in [4.69, 9.17) is 4.74 Å². The third-order valence-corrected chi connectivity index (χ3v) is 2.80. The number of hydrogen-bond donors (Lipinski definition) is 1. The Morgan fingerprint density at radius 2 is 2.00 bits per heavy atom. The highest BCUT2D eigenvalue weighted by Crippen LogP contribution is 2.08. The second-order valence-corrected chi connectivity index (χ2v) is 3.84. The predicted molar refractivity (Wildman–Crippen MR) is 59.5 cm³/mol. The maximum Gasteiger partial charge on any atom is 0.0692 e. The molecule has 0 aliphatic heterocycles. The molecule has 0 bridgehead atoms. The first kappa shape index (κ1) is 13.9. The lowest BCUT2D eigenvalue weighted by Gasteiger charge is -2.26. The van der Waals surface area contributed by atoms with Crippen LogP contribution in [0.25, 0.3) is 0 Å². The largest absolute Gasteiger partial charge is 0.392 e. The topological polar surface area (TPSA) is 32.7 Å². The van der Waals surface area contributed by atoms with Gasteiger partial charge in [0.25, 0.3) is 0 Å². The summed E-state index contributed by atoms with van der Waals surface area (Å²) in [6.07, 6.45) is 0.819. The van der Waals surface area contributed by atoms with Gasteiger partial charge in [0.05, 0.1) is 12.7 Å². The Morgan fingerprint density at radius 3 is 2.43 bits per heavy atom. The molecule has 0 saturated carbocycles. The molecule has 86 valence electrons. The summed E-state index contributed by atoms with van der Waals surface area (Å²) in [5.41, 5.74) is 0. The van der Waals surface area contributed by atoms with Gasteiger partial charge in [0, 0.05) is 20.2 Å². The zero-order valence-electron chi connectivity index (χ0n) is 9.99. The minimum absolute atomic E-state index is 0.211. The van der Waals surface area contributed by atoms with E-state index in [0.29, 0.717) is 5.92 Å². The summed E-state index contributed by atoms with van der Waals surface area (Å²) >= 11 is 0. The number of likely N-dealkylation sites (N-methyl/N-ethyl adjacent to an activating group) is 1. The highest BCUT2D eigenvalue weighted by Gasteiger charge is 2.15. The third-order valence-electron chi connectivity index (χ3n) is 2.80. The summed E-state index contributed by atoms with van der Waals surface area (Å²) in [6.45, 7) is 9.68. The Hall–Kier alpha value is -0.120. The molecule has 1 N–H and O–H groups in total. The van der Waals surface area contributed by atoms with Gasteiger partial charge >= 0.3 is 0 Å². The third kappa shape index (κ3) is 5.58. The Bertz CT molecular complexity index is 130. The van der Waals surface area contributed by atoms with E-state index in [9.17, 15) is 5.11 Å². The summed E-state index contributed by atoms with van der Waals surface area (Å²) in [7, 11) is 1.71. The second-order valence-electron chi connectivity index (χ2n) is 3.84. The summed E-state index contributed by atoms with van der Waals surface area (Å²) in [4.78, 5) is 2.22. The van der Waals surface area contributed by atoms with Crippen molar-refractivity contribution in [1.82, 2.24) is 4.90 Å². The average molecular weight is 203 g/mol. The SMILES string of the molecule is CCC(C)C(O)CN(CC)CCOC. The lowest BCUT2D eigenvalue weighted by atomic mass is 10.0. The maximum atomic E-state index is 9.84. The number of hydrogen-bond acceptors (Lipinski definition) is 3. The van der Waals surface area contributed by atoms with Gasteiger partial charge in [-0.2, -0.15) is 0 Å². The van der Waals surface area contributed by atoms with Crippen LogP contribution >= 0.6 is 0 Å². The number of aliphatic hydroxyl groups excluding tert-OH is 1. The molecule has 0 radical (unpaired) electrons. The van der Waals surface area contributed by atoms with Crippen LogP contribution in [0, 0.1) is 5.92 Å². The molecule has 0 aromatic rings. The summed E-state index contributed by atoms with van der Waals surface area (Å²) < 4.78 is 5.02. The standard InChI is InChI=1S/C11H25NO2/c1-5-10(3)11(13)9-12(6-2)7-8-14-4/h10-11,13H,5-9H2,1-4H3. The van der Waals surface area contributed by atoms with Crippen LogP contribution in [0.1, 0.15) is 27.2 Å². The fourth-order valence-corrected chi connectivity index (χ4v) is 1.32. The molecule has 0 aromatic carbocycles. The Morgan fingerprint density at radius 1 is 1.36 bits per heavy atom. The average Bonchev–Trinajstić information content (AvgIpc) is 2.22. The van der Waals surface area contributed by atoms with Crippen molar-refractivity contribution in [3.63, 3.8) is 0 Å². The van der Waals surface area contributed by atoms with Crippen LogP contribution < -0.4 is 0 Å². The Balaban J connectivity index is 3.79. The van der Waals surface area contributed by atoms with Gasteiger partial charge in [-0.25, -0.2) is 0 Å². The molecule has 0 saturated heterocycles. The van der Waals surface area contributed by atoms with Crippen LogP contribution in [0.5, 0.6) is 0 Å². The van der Waals surface area contributed by atoms with Crippen LogP contribution in [0.15, 0.2) is 0 Å². The first-order chi connectivity index (χ1) is 6.65. The summed E-state index contributed by atoms with van der Waals surface area (Å²) in [6, 6.07) is 0. The van der Waals surface area contributed by atoms with Crippen LogP contribution in [0.3, 0.4) is 0 Å². The molecule has 0 spiro atoms. The lowest BCUT2D eigenvalue weighted by molar-refractivity contribution is 0.0585. The van der Waals surface area contributed by atoms with E-state index in [2.05, 4.69) is 25.7 Å². The van der Waals surface area contributed by atoms with Crippen LogP contribution in [-0.2, 0) is 4.74 Å². The zero-order chi connectivity index (χ0) is 11.0. The molecular weight excluding hydrogens is 178 g/mol. The van der Waals surface area contributed by atoms with Crippen molar-refractivity contribution in [3.8, 4) is 0 Å². The molecule has 2 atom stereocenters. The van der Waals surface area contributed by atoms with Crippen molar-refractivity contribution < 1.29 is 9.84 Å². The smallest absolute Gasteiger partial charge is 0.0692 e. The number of aliphatic hydroxyl groups is 1. The van der Waals surface area contributed by atoms with E-state index in [1.54, 1.807) is 7.11 Å². The highest BCUT2D eigenvalue weighted by atomic mass is 16.5. The van der Waals surface area contributed by atoms with Crippen LogP contribution in [0.4, 0.5) is 0 Å². The maximum absolute atomic E-state index is 9.84. The van der Waals surface area contributed by atoms with Crippen LogP contribution in [0.2, 0.25) is 0 Å². The molecule has 0 aliphatic rings. The molecule has 0 aromatic heterocycles. The molecular formula is C11H25NO2. The van der Waals surface area contributed by atoms with Gasteiger partial charge in [0.2, 0.25) is 0 Å². The molecule has 14 heavy (non-hydrogen) atoms. The highest BCUT2D eigenvalue weighted by molar-refractivity contribution is 4.68. The predicted octanol–water partition coefficient (Wildman–Crippen LogP) is 1.36. The van der Waals surface area contributed by atoms with Gasteiger partial charge in [-0.1, -0.05) is 27.2 Å². The van der Waals surface area contributed by atoms with Gasteiger partial charge in [-0.15, -0.1) is 0 Å². The molecule has 3 nitrogen and oxygen atoms in total. The van der Waals surface area contributed by atoms with Crippen molar-refractivity contribution >= 4 is 0 Å². The van der Waals surface area contributed by atoms with Gasteiger partial charge in [0.1, 0.15) is 0 Å². The monoisotopic (exact) mass is 203 g/mol. The Labute approximate surface area is 88.1 Å². The van der Waals surface area contributed by atoms with Gasteiger partial charge < -0.3 is 9.84 Å². The van der Waals surface area contributed by atoms with Crippen molar-refractivity contribution in [2.75, 3.05) is 33.4 Å². The van der Waals surface area contributed by atoms with Crippen molar-refractivity contribution in [2.24, 2.45) is 5.92 Å². The molecule has 0 aliphatic carbocycles. The molecule has 3 heteroatoms. The van der Waals surface area contributed by atoms with Gasteiger partial charge in [0.15, 0.2) is 0 Å². The Kier molecular flexibility index (Phi) is 8.14. The van der Waals surface area contributed by atoms with E-state index in [-0.39, 0.29) is 6.10 Å². The molecule has 0 fully saturated rings. The minimum Gasteiger partial charge on any atom is -0.392 e. The van der Waals surface area contributed by atoms with Gasteiger partial charge in [-0.3, -0.25) is 4.90 Å². The van der Waals surface area contributed by atoms with Gasteiger partial charge in [-0.05, 0) is 12.5 Å². The van der Waals surface area contributed by atoms with Crippen molar-refractivity contribution in [3.05, 3.63) is 0 Å². The molecule has 0 rings (SSSR count). The molecule has 0 amide bonds. The number of methoxy groups -OCH3 is 1. The van der Waals surface area contributed by atoms with Crippen molar-refractivity contribution in [1.29, 1.82) is 0 Å². The fraction of sp³-hybridized carbons (Fsp3) is 1.00. The van der Waals surface area contributed by atoms with E-state index < -0.39 is 0 Å². The number of rotatable bonds is 8. The number of ether oxygens (including phenoxy) is 1. The van der Waals surface area contributed by atoms with E-state index in [1.165, 1.54) is 0 Å². The molecule has 0 heterocycles. The minimum atomic E-state index is -0.211. The van der Waals surface area contributed by atoms with E-state index in [0.717, 1.165) is 32.7 Å². The van der Waals surface area contributed by atoms with E-state index >= 15 is 0 Å². The first-order valence-electron chi connectivity index (χ1n) is 5.55. The lowest BCUT2D eigenvalue weighted by Crippen LogP contribution is -2.37. The van der Waals surface area contributed by atoms with E-state index in [1.807, 2.05) is 0 Å². The van der Waals surface area contributed by atoms with Crippen LogP contribution in [-0.4, -0.2) is 49.5 Å². The number of nitrogens with zero attached hydrogens (tertiary/aromatic N) is 1. The summed E-state index contributed by atoms with van der Waals surface area (Å²) in [5.74, 6) is 0.381. The fourth-order valence-electron chi connectivity index (χ4n) is 1.32. The first-order valence-corrected chi connectivity index (χ1v) is 5.55.